The Morgan fingerprint density at radius 3 is 3.07 bits per heavy atom. The van der Waals surface area contributed by atoms with Gasteiger partial charge in [0.05, 0.1) is 6.61 Å². The van der Waals surface area contributed by atoms with Crippen LogP contribution in [0.1, 0.15) is 13.3 Å². The average molecular weight is 246 g/mol. The van der Waals surface area contributed by atoms with Gasteiger partial charge in [0.15, 0.2) is 0 Å². The zero-order valence-corrected chi connectivity index (χ0v) is 9.90. The molecular weight excluding hydrogens is 234 g/mol. The Morgan fingerprint density at radius 2 is 2.40 bits per heavy atom. The van der Waals surface area contributed by atoms with E-state index < -0.39 is 6.09 Å². The smallest absolute Gasteiger partial charge is 0.417 e. The van der Waals surface area contributed by atoms with Gasteiger partial charge in [0, 0.05) is 9.92 Å². The van der Waals surface area contributed by atoms with Crippen molar-refractivity contribution in [2.45, 2.75) is 18.2 Å². The molecule has 0 spiro atoms. The van der Waals surface area contributed by atoms with Crippen LogP contribution in [0, 0.1) is 0 Å². The molecule has 0 aliphatic rings. The molecule has 3 nitrogen and oxygen atoms in total. The maximum absolute atomic E-state index is 11.1. The van der Waals surface area contributed by atoms with Crippen LogP contribution in [0.25, 0.3) is 0 Å². The van der Waals surface area contributed by atoms with E-state index in [1.165, 1.54) is 11.9 Å². The molecule has 1 rings (SSSR count). The Kier molecular flexibility index (Phi) is 5.36. The van der Waals surface area contributed by atoms with Gasteiger partial charge in [-0.2, -0.15) is 0 Å². The summed E-state index contributed by atoms with van der Waals surface area (Å²) in [5.41, 5.74) is 0. The predicted molar refractivity (Wildman–Crippen MR) is 62.1 cm³/mol. The van der Waals surface area contributed by atoms with Gasteiger partial charge in [-0.25, -0.2) is 4.79 Å². The number of carbonyl (C=O) groups is 1. The third-order valence-corrected chi connectivity index (χ3v) is 2.48. The van der Waals surface area contributed by atoms with Crippen molar-refractivity contribution in [2.75, 3.05) is 6.61 Å². The van der Waals surface area contributed by atoms with Gasteiger partial charge in [-0.1, -0.05) is 24.6 Å². The van der Waals surface area contributed by atoms with Crippen molar-refractivity contribution in [2.24, 2.45) is 0 Å². The van der Waals surface area contributed by atoms with Gasteiger partial charge in [0.1, 0.15) is 0 Å². The standard InChI is InChI=1S/C10H12ClNO2S/c1-2-6-14-10(13)12-15-9-5-3-4-8(11)7-9/h3-5,7H,2,6H2,1H3,(H,12,13). The largest absolute Gasteiger partial charge is 0.449 e. The van der Waals surface area contributed by atoms with Gasteiger partial charge >= 0.3 is 6.09 Å². The molecule has 1 amide bonds. The van der Waals surface area contributed by atoms with E-state index in [-0.39, 0.29) is 0 Å². The molecule has 0 aliphatic carbocycles. The Labute approximate surface area is 98.3 Å². The van der Waals surface area contributed by atoms with Crippen LogP contribution in [-0.4, -0.2) is 12.7 Å². The van der Waals surface area contributed by atoms with Crippen LogP contribution in [0.4, 0.5) is 4.79 Å². The second kappa shape index (κ2) is 6.58. The van der Waals surface area contributed by atoms with E-state index in [1.54, 1.807) is 12.1 Å². The highest BCUT2D eigenvalue weighted by Crippen LogP contribution is 2.18. The minimum atomic E-state index is -0.429. The predicted octanol–water partition coefficient (Wildman–Crippen LogP) is 3.48. The summed E-state index contributed by atoms with van der Waals surface area (Å²) in [4.78, 5) is 11.9. The number of nitrogens with one attached hydrogen (secondary N) is 1. The first kappa shape index (κ1) is 12.2. The minimum absolute atomic E-state index is 0.429. The lowest BCUT2D eigenvalue weighted by atomic mass is 10.4. The van der Waals surface area contributed by atoms with E-state index in [9.17, 15) is 4.79 Å². The quantitative estimate of drug-likeness (QED) is 0.826. The monoisotopic (exact) mass is 245 g/mol. The summed E-state index contributed by atoms with van der Waals surface area (Å²) in [6.07, 6.45) is 0.386. The number of ether oxygens (including phenoxy) is 1. The Morgan fingerprint density at radius 1 is 1.60 bits per heavy atom. The van der Waals surface area contributed by atoms with E-state index >= 15 is 0 Å². The molecule has 0 aromatic heterocycles. The van der Waals surface area contributed by atoms with Crippen LogP contribution in [0.5, 0.6) is 0 Å². The van der Waals surface area contributed by atoms with Crippen molar-refractivity contribution >= 4 is 29.6 Å². The fourth-order valence-electron chi connectivity index (χ4n) is 0.855. The number of rotatable bonds is 4. The van der Waals surface area contributed by atoms with Crippen molar-refractivity contribution in [3.63, 3.8) is 0 Å². The van der Waals surface area contributed by atoms with Gasteiger partial charge in [-0.3, -0.25) is 4.72 Å². The van der Waals surface area contributed by atoms with Crippen LogP contribution >= 0.6 is 23.5 Å². The summed E-state index contributed by atoms with van der Waals surface area (Å²) in [6, 6.07) is 7.23. The van der Waals surface area contributed by atoms with Crippen LogP contribution < -0.4 is 4.72 Å². The molecule has 0 saturated heterocycles. The van der Waals surface area contributed by atoms with E-state index in [0.717, 1.165) is 11.3 Å². The van der Waals surface area contributed by atoms with Crippen molar-refractivity contribution in [1.82, 2.24) is 4.72 Å². The molecule has 0 bridgehead atoms. The fraction of sp³-hybridized carbons (Fsp3) is 0.300. The topological polar surface area (TPSA) is 38.3 Å². The molecule has 0 aliphatic heterocycles. The van der Waals surface area contributed by atoms with Gasteiger partial charge in [0.25, 0.3) is 0 Å². The summed E-state index contributed by atoms with van der Waals surface area (Å²) in [7, 11) is 0. The lowest BCUT2D eigenvalue weighted by molar-refractivity contribution is 0.153. The Hall–Kier alpha value is -0.870. The van der Waals surface area contributed by atoms with E-state index in [0.29, 0.717) is 11.6 Å². The van der Waals surface area contributed by atoms with E-state index in [2.05, 4.69) is 4.72 Å². The highest BCUT2D eigenvalue weighted by Gasteiger charge is 2.01. The molecule has 1 aromatic carbocycles. The molecule has 82 valence electrons. The van der Waals surface area contributed by atoms with Crippen molar-refractivity contribution < 1.29 is 9.53 Å². The first-order chi connectivity index (χ1) is 7.22. The summed E-state index contributed by atoms with van der Waals surface area (Å²) < 4.78 is 7.40. The van der Waals surface area contributed by atoms with Crippen molar-refractivity contribution in [3.8, 4) is 0 Å². The fourth-order valence-corrected chi connectivity index (χ4v) is 1.70. The number of hydrogen-bond donors (Lipinski definition) is 1. The van der Waals surface area contributed by atoms with Gasteiger partial charge < -0.3 is 4.74 Å². The molecule has 15 heavy (non-hydrogen) atoms. The Bertz CT molecular complexity index is 333. The minimum Gasteiger partial charge on any atom is -0.449 e. The molecule has 1 aromatic rings. The maximum atomic E-state index is 11.1. The third-order valence-electron chi connectivity index (χ3n) is 1.49. The first-order valence-electron chi connectivity index (χ1n) is 4.57. The number of carbonyl (C=O) groups excluding carboxylic acids is 1. The zero-order valence-electron chi connectivity index (χ0n) is 8.33. The van der Waals surface area contributed by atoms with Crippen LogP contribution in [0.3, 0.4) is 0 Å². The zero-order chi connectivity index (χ0) is 11.1. The second-order valence-electron chi connectivity index (χ2n) is 2.80. The molecular formula is C10H12ClNO2S. The lowest BCUT2D eigenvalue weighted by Crippen LogP contribution is -2.17. The third kappa shape index (κ3) is 4.95. The van der Waals surface area contributed by atoms with Crippen molar-refractivity contribution in [1.29, 1.82) is 0 Å². The molecule has 0 fully saturated rings. The molecule has 1 N–H and O–H groups in total. The SMILES string of the molecule is CCCOC(=O)NSc1cccc(Cl)c1. The number of halogens is 1. The number of amides is 1. The first-order valence-corrected chi connectivity index (χ1v) is 5.77. The van der Waals surface area contributed by atoms with Gasteiger partial charge in [-0.05, 0) is 36.6 Å². The van der Waals surface area contributed by atoms with E-state index in [1.807, 2.05) is 19.1 Å². The second-order valence-corrected chi connectivity index (χ2v) is 4.11. The molecule has 0 heterocycles. The van der Waals surface area contributed by atoms with Crippen molar-refractivity contribution in [3.05, 3.63) is 29.3 Å². The average Bonchev–Trinajstić information content (AvgIpc) is 2.23. The highest BCUT2D eigenvalue weighted by molar-refractivity contribution is 7.98. The van der Waals surface area contributed by atoms with Crippen LogP contribution in [0.2, 0.25) is 5.02 Å². The van der Waals surface area contributed by atoms with Gasteiger partial charge in [0.2, 0.25) is 0 Å². The number of hydrogen-bond acceptors (Lipinski definition) is 3. The Balaban J connectivity index is 2.33. The summed E-state index contributed by atoms with van der Waals surface area (Å²) in [5.74, 6) is 0. The summed E-state index contributed by atoms with van der Waals surface area (Å²) >= 11 is 6.97. The normalized spacial score (nSPS) is 9.73. The van der Waals surface area contributed by atoms with Crippen LogP contribution in [-0.2, 0) is 4.74 Å². The highest BCUT2D eigenvalue weighted by atomic mass is 35.5. The summed E-state index contributed by atoms with van der Waals surface area (Å²) in [6.45, 7) is 2.37. The maximum Gasteiger partial charge on any atom is 0.417 e. The molecule has 0 radical (unpaired) electrons. The summed E-state index contributed by atoms with van der Waals surface area (Å²) in [5, 5.41) is 0.642. The molecule has 0 unspecified atom stereocenters. The van der Waals surface area contributed by atoms with E-state index in [4.69, 9.17) is 16.3 Å². The van der Waals surface area contributed by atoms with Gasteiger partial charge in [-0.15, -0.1) is 0 Å². The molecule has 0 atom stereocenters. The number of benzene rings is 1. The lowest BCUT2D eigenvalue weighted by Gasteiger charge is -2.04. The molecule has 0 saturated carbocycles. The van der Waals surface area contributed by atoms with Crippen LogP contribution in [0.15, 0.2) is 29.2 Å². The molecule has 5 heteroatoms.